The number of unbranched alkanes of at least 4 members (excludes halogenated alkanes) is 1. The first-order valence-corrected chi connectivity index (χ1v) is 8.76. The predicted molar refractivity (Wildman–Crippen MR) is 105 cm³/mol. The lowest BCUT2D eigenvalue weighted by atomic mass is 10.1. The molecule has 0 fully saturated rings. The zero-order chi connectivity index (χ0) is 18.8. The first-order valence-electron chi connectivity index (χ1n) is 8.76. The molecular weight excluding hydrogens is 326 g/mol. The molecule has 2 rings (SSSR count). The SMILES string of the molecule is C#CCOc1ccc(N(CCCC)Cc2ccc(C(=O)OC)cc2)cc1. The van der Waals surface area contributed by atoms with E-state index in [0.29, 0.717) is 5.56 Å². The number of nitrogens with zero attached hydrogens (tertiary/aromatic N) is 1. The number of rotatable bonds is 9. The molecule has 2 aromatic rings. The smallest absolute Gasteiger partial charge is 0.337 e. The molecule has 136 valence electrons. The van der Waals surface area contributed by atoms with E-state index < -0.39 is 0 Å². The van der Waals surface area contributed by atoms with E-state index in [1.165, 1.54) is 7.11 Å². The van der Waals surface area contributed by atoms with Crippen molar-refractivity contribution in [1.29, 1.82) is 0 Å². The summed E-state index contributed by atoms with van der Waals surface area (Å²) in [6, 6.07) is 15.5. The van der Waals surface area contributed by atoms with E-state index in [0.717, 1.165) is 42.9 Å². The maximum absolute atomic E-state index is 11.6. The molecule has 0 aliphatic heterocycles. The molecule has 0 bridgehead atoms. The fourth-order valence-electron chi connectivity index (χ4n) is 2.61. The van der Waals surface area contributed by atoms with Crippen LogP contribution in [0.25, 0.3) is 0 Å². The summed E-state index contributed by atoms with van der Waals surface area (Å²) >= 11 is 0. The highest BCUT2D eigenvalue weighted by molar-refractivity contribution is 5.89. The summed E-state index contributed by atoms with van der Waals surface area (Å²) in [5, 5.41) is 0. The number of hydrogen-bond acceptors (Lipinski definition) is 4. The Morgan fingerprint density at radius 2 is 1.81 bits per heavy atom. The van der Waals surface area contributed by atoms with Crippen LogP contribution in [0.5, 0.6) is 5.75 Å². The quantitative estimate of drug-likeness (QED) is 0.499. The molecule has 0 N–H and O–H groups in total. The molecule has 0 aliphatic rings. The van der Waals surface area contributed by atoms with Crippen LogP contribution in [0.2, 0.25) is 0 Å². The Hall–Kier alpha value is -2.93. The lowest BCUT2D eigenvalue weighted by molar-refractivity contribution is 0.0600. The number of esters is 1. The number of terminal acetylenes is 1. The number of benzene rings is 2. The van der Waals surface area contributed by atoms with Crippen LogP contribution in [0, 0.1) is 12.3 Å². The van der Waals surface area contributed by atoms with Gasteiger partial charge >= 0.3 is 5.97 Å². The number of hydrogen-bond donors (Lipinski definition) is 0. The van der Waals surface area contributed by atoms with Gasteiger partial charge < -0.3 is 14.4 Å². The highest BCUT2D eigenvalue weighted by Crippen LogP contribution is 2.22. The van der Waals surface area contributed by atoms with Gasteiger partial charge in [-0.15, -0.1) is 6.42 Å². The van der Waals surface area contributed by atoms with E-state index in [2.05, 4.69) is 17.7 Å². The summed E-state index contributed by atoms with van der Waals surface area (Å²) in [5.74, 6) is 2.92. The minimum atomic E-state index is -0.318. The fraction of sp³-hybridized carbons (Fsp3) is 0.318. The first kappa shape index (κ1) is 19.4. The highest BCUT2D eigenvalue weighted by Gasteiger charge is 2.09. The monoisotopic (exact) mass is 351 g/mol. The molecule has 0 aliphatic carbocycles. The van der Waals surface area contributed by atoms with Gasteiger partial charge in [0.2, 0.25) is 0 Å². The molecule has 4 nitrogen and oxygen atoms in total. The van der Waals surface area contributed by atoms with E-state index in [4.69, 9.17) is 15.9 Å². The zero-order valence-corrected chi connectivity index (χ0v) is 15.4. The predicted octanol–water partition coefficient (Wildman–Crippen LogP) is 4.29. The first-order chi connectivity index (χ1) is 12.7. The maximum atomic E-state index is 11.6. The number of carbonyl (C=O) groups is 1. The Labute approximate surface area is 155 Å². The molecular formula is C22H25NO3. The van der Waals surface area contributed by atoms with Crippen LogP contribution in [-0.4, -0.2) is 26.2 Å². The lowest BCUT2D eigenvalue weighted by Gasteiger charge is -2.25. The molecule has 0 aromatic heterocycles. The molecule has 0 radical (unpaired) electrons. The summed E-state index contributed by atoms with van der Waals surface area (Å²) < 4.78 is 10.2. The lowest BCUT2D eigenvalue weighted by Crippen LogP contribution is -2.23. The minimum Gasteiger partial charge on any atom is -0.481 e. The molecule has 26 heavy (non-hydrogen) atoms. The second-order valence-electron chi connectivity index (χ2n) is 5.95. The van der Waals surface area contributed by atoms with Gasteiger partial charge in [0, 0.05) is 18.8 Å². The average Bonchev–Trinajstić information content (AvgIpc) is 2.70. The largest absolute Gasteiger partial charge is 0.481 e. The summed E-state index contributed by atoms with van der Waals surface area (Å²) in [5.41, 5.74) is 2.83. The van der Waals surface area contributed by atoms with Crippen molar-refractivity contribution in [2.24, 2.45) is 0 Å². The fourth-order valence-corrected chi connectivity index (χ4v) is 2.61. The molecule has 0 saturated heterocycles. The molecule has 4 heteroatoms. The van der Waals surface area contributed by atoms with Crippen LogP contribution in [0.4, 0.5) is 5.69 Å². The Balaban J connectivity index is 2.11. The van der Waals surface area contributed by atoms with Gasteiger partial charge in [-0.1, -0.05) is 31.4 Å². The summed E-state index contributed by atoms with van der Waals surface area (Å²) in [6.07, 6.45) is 7.45. The van der Waals surface area contributed by atoms with E-state index in [1.807, 2.05) is 36.4 Å². The highest BCUT2D eigenvalue weighted by atomic mass is 16.5. The molecule has 0 heterocycles. The summed E-state index contributed by atoms with van der Waals surface area (Å²) in [4.78, 5) is 13.9. The van der Waals surface area contributed by atoms with Gasteiger partial charge in [0.05, 0.1) is 12.7 Å². The normalized spacial score (nSPS) is 10.0. The number of anilines is 1. The van der Waals surface area contributed by atoms with Crippen molar-refractivity contribution in [2.75, 3.05) is 25.2 Å². The molecule has 0 spiro atoms. The van der Waals surface area contributed by atoms with Crippen molar-refractivity contribution in [3.8, 4) is 18.1 Å². The third-order valence-corrected chi connectivity index (χ3v) is 4.05. The van der Waals surface area contributed by atoms with E-state index in [1.54, 1.807) is 12.1 Å². The van der Waals surface area contributed by atoms with Crippen molar-refractivity contribution < 1.29 is 14.3 Å². The van der Waals surface area contributed by atoms with E-state index >= 15 is 0 Å². The van der Waals surface area contributed by atoms with Gasteiger partial charge in [0.1, 0.15) is 12.4 Å². The van der Waals surface area contributed by atoms with Crippen molar-refractivity contribution in [3.63, 3.8) is 0 Å². The molecule has 0 amide bonds. The topological polar surface area (TPSA) is 38.8 Å². The van der Waals surface area contributed by atoms with Crippen LogP contribution in [-0.2, 0) is 11.3 Å². The Bertz CT molecular complexity index is 729. The third-order valence-electron chi connectivity index (χ3n) is 4.05. The van der Waals surface area contributed by atoms with Crippen LogP contribution < -0.4 is 9.64 Å². The minimum absolute atomic E-state index is 0.269. The zero-order valence-electron chi connectivity index (χ0n) is 15.4. The average molecular weight is 351 g/mol. The molecule has 0 saturated carbocycles. The van der Waals surface area contributed by atoms with Gasteiger partial charge in [-0.2, -0.15) is 0 Å². The molecule has 0 atom stereocenters. The van der Waals surface area contributed by atoms with Gasteiger partial charge in [0.25, 0.3) is 0 Å². The van der Waals surface area contributed by atoms with E-state index in [-0.39, 0.29) is 12.6 Å². The van der Waals surface area contributed by atoms with Gasteiger partial charge in [0.15, 0.2) is 0 Å². The maximum Gasteiger partial charge on any atom is 0.337 e. The van der Waals surface area contributed by atoms with Crippen molar-refractivity contribution in [2.45, 2.75) is 26.3 Å². The van der Waals surface area contributed by atoms with E-state index in [9.17, 15) is 4.79 Å². The Morgan fingerprint density at radius 1 is 1.12 bits per heavy atom. The van der Waals surface area contributed by atoms with Crippen LogP contribution in [0.15, 0.2) is 48.5 Å². The van der Waals surface area contributed by atoms with Gasteiger partial charge in [-0.05, 0) is 48.4 Å². The van der Waals surface area contributed by atoms with Crippen LogP contribution >= 0.6 is 0 Å². The Morgan fingerprint density at radius 3 is 2.38 bits per heavy atom. The van der Waals surface area contributed by atoms with Crippen LogP contribution in [0.3, 0.4) is 0 Å². The van der Waals surface area contributed by atoms with Crippen molar-refractivity contribution in [1.82, 2.24) is 0 Å². The Kier molecular flexibility index (Phi) is 7.57. The number of ether oxygens (including phenoxy) is 2. The van der Waals surface area contributed by atoms with Gasteiger partial charge in [-0.25, -0.2) is 4.79 Å². The number of carbonyl (C=O) groups excluding carboxylic acids is 1. The molecule has 2 aromatic carbocycles. The number of methoxy groups -OCH3 is 1. The summed E-state index contributed by atoms with van der Waals surface area (Å²) in [6.45, 7) is 4.18. The second kappa shape index (κ2) is 10.1. The van der Waals surface area contributed by atoms with Crippen molar-refractivity contribution >= 4 is 11.7 Å². The van der Waals surface area contributed by atoms with Crippen LogP contribution in [0.1, 0.15) is 35.7 Å². The standard InChI is InChI=1S/C22H25NO3/c1-4-6-15-23(20-11-13-21(14-12-20)26-16-5-2)17-18-7-9-19(10-8-18)22(24)25-3/h2,7-14H,4,6,15-17H2,1,3H3. The molecule has 0 unspecified atom stereocenters. The van der Waals surface area contributed by atoms with Crippen molar-refractivity contribution in [3.05, 3.63) is 59.7 Å². The van der Waals surface area contributed by atoms with Gasteiger partial charge in [-0.3, -0.25) is 0 Å². The second-order valence-corrected chi connectivity index (χ2v) is 5.95. The third kappa shape index (κ3) is 5.56. The summed E-state index contributed by atoms with van der Waals surface area (Å²) in [7, 11) is 1.39.